The van der Waals surface area contributed by atoms with Gasteiger partial charge in [-0.3, -0.25) is 4.79 Å². The van der Waals surface area contributed by atoms with E-state index in [9.17, 15) is 4.79 Å². The topological polar surface area (TPSA) is 46.3 Å². The molecule has 0 aromatic heterocycles. The fraction of sp³-hybridized carbons (Fsp3) is 0.500. The van der Waals surface area contributed by atoms with E-state index in [4.69, 9.17) is 18.0 Å². The van der Waals surface area contributed by atoms with Crippen LogP contribution >= 0.6 is 12.2 Å². The number of hydrogen-bond donors (Lipinski definition) is 1. The number of amides is 1. The van der Waals surface area contributed by atoms with Crippen molar-refractivity contribution in [3.05, 3.63) is 35.4 Å². The van der Waals surface area contributed by atoms with Crippen molar-refractivity contribution in [3.8, 4) is 0 Å². The van der Waals surface area contributed by atoms with Gasteiger partial charge in [0.25, 0.3) is 0 Å². The average molecular weight is 292 g/mol. The Bertz CT molecular complexity index is 471. The van der Waals surface area contributed by atoms with Crippen LogP contribution in [0, 0.1) is 12.8 Å². The van der Waals surface area contributed by atoms with Crippen molar-refractivity contribution < 1.29 is 4.79 Å². The van der Waals surface area contributed by atoms with E-state index < -0.39 is 0 Å². The molecule has 110 valence electrons. The zero-order valence-electron chi connectivity index (χ0n) is 12.6. The van der Waals surface area contributed by atoms with Crippen LogP contribution < -0.4 is 5.73 Å². The molecule has 0 aliphatic carbocycles. The van der Waals surface area contributed by atoms with E-state index in [1.165, 1.54) is 0 Å². The summed E-state index contributed by atoms with van der Waals surface area (Å²) in [5.74, 6) is 0.575. The first-order chi connectivity index (χ1) is 9.40. The number of nitrogens with two attached hydrogens (primary N) is 1. The third-order valence-corrected chi connectivity index (χ3v) is 3.37. The zero-order valence-corrected chi connectivity index (χ0v) is 13.4. The van der Waals surface area contributed by atoms with E-state index in [2.05, 4.69) is 13.8 Å². The van der Waals surface area contributed by atoms with Crippen molar-refractivity contribution in [1.29, 1.82) is 0 Å². The van der Waals surface area contributed by atoms with Gasteiger partial charge in [0, 0.05) is 19.5 Å². The Kier molecular flexibility index (Phi) is 6.65. The van der Waals surface area contributed by atoms with Crippen LogP contribution in [0.2, 0.25) is 0 Å². The van der Waals surface area contributed by atoms with Crippen LogP contribution in [-0.4, -0.2) is 28.9 Å². The number of aryl methyl sites for hydroxylation is 1. The lowest BCUT2D eigenvalue weighted by molar-refractivity contribution is -0.130. The van der Waals surface area contributed by atoms with Crippen LogP contribution in [0.4, 0.5) is 0 Å². The second kappa shape index (κ2) is 8.00. The standard InChI is InChI=1S/C16H24N2OS/c1-12(2)11-18(9-8-15(17)20)16(19)10-14-7-5-4-6-13(14)3/h4-7,12H,8-11H2,1-3H3,(H2,17,20). The number of benzene rings is 1. The van der Waals surface area contributed by atoms with Crippen molar-refractivity contribution in [2.75, 3.05) is 13.1 Å². The van der Waals surface area contributed by atoms with Crippen LogP contribution in [0.5, 0.6) is 0 Å². The molecule has 0 bridgehead atoms. The Morgan fingerprint density at radius 3 is 2.55 bits per heavy atom. The van der Waals surface area contributed by atoms with Gasteiger partial charge in [-0.15, -0.1) is 0 Å². The van der Waals surface area contributed by atoms with Gasteiger partial charge < -0.3 is 10.6 Å². The van der Waals surface area contributed by atoms with Gasteiger partial charge in [-0.2, -0.15) is 0 Å². The Labute approximate surface area is 127 Å². The van der Waals surface area contributed by atoms with Crippen molar-refractivity contribution >= 4 is 23.1 Å². The van der Waals surface area contributed by atoms with Gasteiger partial charge >= 0.3 is 0 Å². The highest BCUT2D eigenvalue weighted by Crippen LogP contribution is 2.11. The minimum absolute atomic E-state index is 0.143. The molecule has 0 spiro atoms. The number of carbonyl (C=O) groups excluding carboxylic acids is 1. The zero-order chi connectivity index (χ0) is 15.1. The number of nitrogens with zero attached hydrogens (tertiary/aromatic N) is 1. The molecule has 0 heterocycles. The highest BCUT2D eigenvalue weighted by molar-refractivity contribution is 7.80. The second-order valence-corrected chi connectivity index (χ2v) is 6.08. The maximum absolute atomic E-state index is 12.5. The fourth-order valence-corrected chi connectivity index (χ4v) is 2.18. The molecule has 0 saturated heterocycles. The maximum atomic E-state index is 12.5. The van der Waals surface area contributed by atoms with Crippen molar-refractivity contribution in [2.45, 2.75) is 33.6 Å². The minimum Gasteiger partial charge on any atom is -0.393 e. The van der Waals surface area contributed by atoms with E-state index in [0.717, 1.165) is 17.7 Å². The molecule has 1 aromatic carbocycles. The van der Waals surface area contributed by atoms with E-state index in [1.807, 2.05) is 36.1 Å². The van der Waals surface area contributed by atoms with Gasteiger partial charge in [0.1, 0.15) is 0 Å². The molecule has 0 saturated carbocycles. The first-order valence-corrected chi connectivity index (χ1v) is 7.41. The molecule has 0 fully saturated rings. The molecule has 3 nitrogen and oxygen atoms in total. The third-order valence-electron chi connectivity index (χ3n) is 3.17. The predicted octanol–water partition coefficient (Wildman–Crippen LogP) is 2.70. The highest BCUT2D eigenvalue weighted by atomic mass is 32.1. The summed E-state index contributed by atoms with van der Waals surface area (Å²) >= 11 is 4.90. The Balaban J connectivity index is 2.72. The molecule has 0 radical (unpaired) electrons. The summed E-state index contributed by atoms with van der Waals surface area (Å²) in [7, 11) is 0. The van der Waals surface area contributed by atoms with Gasteiger partial charge in [-0.1, -0.05) is 50.3 Å². The number of thiocarbonyl (C=S) groups is 1. The summed E-state index contributed by atoms with van der Waals surface area (Å²) in [6, 6.07) is 8.00. The molecule has 0 aliphatic heterocycles. The van der Waals surface area contributed by atoms with Crippen LogP contribution in [0.25, 0.3) is 0 Å². The first kappa shape index (κ1) is 16.6. The predicted molar refractivity (Wildman–Crippen MR) is 87.7 cm³/mol. The van der Waals surface area contributed by atoms with Crippen molar-refractivity contribution in [1.82, 2.24) is 4.90 Å². The Morgan fingerprint density at radius 1 is 1.35 bits per heavy atom. The summed E-state index contributed by atoms with van der Waals surface area (Å²) in [4.78, 5) is 14.8. The molecule has 0 unspecified atom stereocenters. The minimum atomic E-state index is 0.143. The third kappa shape index (κ3) is 5.70. The normalized spacial score (nSPS) is 10.6. The molecule has 0 atom stereocenters. The monoisotopic (exact) mass is 292 g/mol. The van der Waals surface area contributed by atoms with Crippen LogP contribution in [0.15, 0.2) is 24.3 Å². The summed E-state index contributed by atoms with van der Waals surface area (Å²) in [6.07, 6.45) is 1.03. The summed E-state index contributed by atoms with van der Waals surface area (Å²) in [5, 5.41) is 0. The SMILES string of the molecule is Cc1ccccc1CC(=O)N(CCC(N)=S)CC(C)C. The molecule has 0 aliphatic rings. The fourth-order valence-electron chi connectivity index (χ4n) is 2.09. The van der Waals surface area contributed by atoms with E-state index in [1.54, 1.807) is 0 Å². The number of carbonyl (C=O) groups is 1. The Hall–Kier alpha value is -1.42. The average Bonchev–Trinajstić information content (AvgIpc) is 2.36. The summed E-state index contributed by atoms with van der Waals surface area (Å²) in [6.45, 7) is 7.60. The number of hydrogen-bond acceptors (Lipinski definition) is 2. The quantitative estimate of drug-likeness (QED) is 0.786. The van der Waals surface area contributed by atoms with Crippen molar-refractivity contribution in [2.24, 2.45) is 11.7 Å². The van der Waals surface area contributed by atoms with E-state index >= 15 is 0 Å². The maximum Gasteiger partial charge on any atom is 0.227 e. The van der Waals surface area contributed by atoms with Crippen molar-refractivity contribution in [3.63, 3.8) is 0 Å². The lowest BCUT2D eigenvalue weighted by Gasteiger charge is -2.25. The molecule has 20 heavy (non-hydrogen) atoms. The molecule has 4 heteroatoms. The van der Waals surface area contributed by atoms with Crippen LogP contribution in [0.1, 0.15) is 31.4 Å². The second-order valence-electron chi connectivity index (χ2n) is 5.55. The van der Waals surface area contributed by atoms with Gasteiger partial charge in [-0.25, -0.2) is 0 Å². The molecule has 1 rings (SSSR count). The molecule has 2 N–H and O–H groups in total. The van der Waals surface area contributed by atoms with Crippen LogP contribution in [0.3, 0.4) is 0 Å². The smallest absolute Gasteiger partial charge is 0.227 e. The van der Waals surface area contributed by atoms with E-state index in [0.29, 0.717) is 30.3 Å². The molecular formula is C16H24N2OS. The van der Waals surface area contributed by atoms with Gasteiger partial charge in [-0.05, 0) is 24.0 Å². The summed E-state index contributed by atoms with van der Waals surface area (Å²) in [5.41, 5.74) is 7.78. The Morgan fingerprint density at radius 2 is 2.00 bits per heavy atom. The summed E-state index contributed by atoms with van der Waals surface area (Å²) < 4.78 is 0. The molecular weight excluding hydrogens is 268 g/mol. The van der Waals surface area contributed by atoms with Gasteiger partial charge in [0.05, 0.1) is 11.4 Å². The lowest BCUT2D eigenvalue weighted by Crippen LogP contribution is -2.37. The van der Waals surface area contributed by atoms with Crippen LogP contribution in [-0.2, 0) is 11.2 Å². The molecule has 1 amide bonds. The number of rotatable bonds is 7. The van der Waals surface area contributed by atoms with Gasteiger partial charge in [0.15, 0.2) is 0 Å². The lowest BCUT2D eigenvalue weighted by atomic mass is 10.0. The molecule has 1 aromatic rings. The van der Waals surface area contributed by atoms with E-state index in [-0.39, 0.29) is 5.91 Å². The first-order valence-electron chi connectivity index (χ1n) is 7.00. The van der Waals surface area contributed by atoms with Gasteiger partial charge in [0.2, 0.25) is 5.91 Å². The largest absolute Gasteiger partial charge is 0.393 e. The highest BCUT2D eigenvalue weighted by Gasteiger charge is 2.16.